The normalized spacial score (nSPS) is 18.9. The van der Waals surface area contributed by atoms with Crippen LogP contribution in [-0.2, 0) is 33.1 Å². The van der Waals surface area contributed by atoms with Crippen molar-refractivity contribution in [1.82, 2.24) is 20.3 Å². The fourth-order valence-electron chi connectivity index (χ4n) is 9.55. The number of aliphatic hydroxyl groups is 1. The third-order valence-corrected chi connectivity index (χ3v) is 16.7. The van der Waals surface area contributed by atoms with Gasteiger partial charge in [-0.15, -0.1) is 22.7 Å². The smallest absolute Gasteiger partial charge is 0.264 e. The molecule has 4 aliphatic rings. The molecule has 12 nitrogen and oxygen atoms in total. The molecule has 75 heavy (non-hydrogen) atoms. The Morgan fingerprint density at radius 3 is 1.61 bits per heavy atom. The number of ether oxygens (including phenoxy) is 2. The van der Waals surface area contributed by atoms with Crippen LogP contribution in [0.5, 0.6) is 0 Å². The van der Waals surface area contributed by atoms with E-state index in [9.17, 15) is 27.5 Å². The van der Waals surface area contributed by atoms with Gasteiger partial charge < -0.3 is 23.6 Å². The number of nitrogens with zero attached hydrogens (tertiary/aromatic N) is 6. The van der Waals surface area contributed by atoms with Crippen molar-refractivity contribution >= 4 is 76.2 Å². The Hall–Kier alpha value is -6.19. The van der Waals surface area contributed by atoms with Crippen LogP contribution < -0.4 is 0 Å². The summed E-state index contributed by atoms with van der Waals surface area (Å²) in [6.45, 7) is 14.5. The van der Waals surface area contributed by atoms with Crippen LogP contribution in [0.25, 0.3) is 52.6 Å². The maximum Gasteiger partial charge on any atom is 0.264 e. The maximum atomic E-state index is 13.7. The van der Waals surface area contributed by atoms with Gasteiger partial charge in [-0.05, 0) is 104 Å². The summed E-state index contributed by atoms with van der Waals surface area (Å²) in [5.74, 6) is 2.34. The second-order valence-corrected chi connectivity index (χ2v) is 22.5. The molecule has 4 aliphatic carbocycles. The average molecular weight is 1120 g/mol. The van der Waals surface area contributed by atoms with Crippen molar-refractivity contribution in [3.63, 3.8) is 0 Å². The second-order valence-electron chi connectivity index (χ2n) is 19.2. The zero-order valence-electron chi connectivity index (χ0n) is 40.3. The van der Waals surface area contributed by atoms with Gasteiger partial charge in [-0.1, -0.05) is 71.0 Å². The van der Waals surface area contributed by atoms with Crippen LogP contribution in [0.2, 0.25) is 0 Å². The van der Waals surface area contributed by atoms with Gasteiger partial charge >= 0.3 is 0 Å². The third kappa shape index (κ3) is 12.1. The molecule has 0 saturated heterocycles. The van der Waals surface area contributed by atoms with Crippen molar-refractivity contribution < 1.29 is 46.0 Å². The number of halogens is 5. The number of carbonyl (C=O) groups is 1. The third-order valence-electron chi connectivity index (χ3n) is 14.0. The first-order valence-electron chi connectivity index (χ1n) is 24.8. The van der Waals surface area contributed by atoms with Gasteiger partial charge in [0.2, 0.25) is 0 Å². The maximum absolute atomic E-state index is 13.7. The van der Waals surface area contributed by atoms with E-state index in [0.717, 1.165) is 72.7 Å². The zero-order chi connectivity index (χ0) is 52.2. The van der Waals surface area contributed by atoms with Crippen LogP contribution in [0.4, 0.5) is 28.9 Å². The molecule has 4 aromatic heterocycles. The van der Waals surface area contributed by atoms with Gasteiger partial charge in [0.1, 0.15) is 39.3 Å². The van der Waals surface area contributed by atoms with Crippen molar-refractivity contribution in [2.24, 2.45) is 0 Å². The first kappa shape index (κ1) is 52.3. The lowest BCUT2D eigenvalue weighted by Crippen LogP contribution is -2.34. The lowest BCUT2D eigenvalue weighted by molar-refractivity contribution is -0.123. The number of alkyl halides is 4. The molecule has 19 heteroatoms. The summed E-state index contributed by atoms with van der Waals surface area (Å²) >= 11 is 6.28. The number of benzene rings is 4. The molecular formula is C56H49BrF4N6O6S2. The molecule has 4 fully saturated rings. The molecule has 0 radical (unpaired) electrons. The van der Waals surface area contributed by atoms with E-state index in [1.165, 1.54) is 23.5 Å². The minimum atomic E-state index is -2.61. The van der Waals surface area contributed by atoms with E-state index in [1.807, 2.05) is 24.3 Å². The second kappa shape index (κ2) is 23.0. The van der Waals surface area contributed by atoms with Crippen molar-refractivity contribution in [1.29, 1.82) is 0 Å². The van der Waals surface area contributed by atoms with Crippen LogP contribution in [0.15, 0.2) is 97.9 Å². The van der Waals surface area contributed by atoms with Crippen LogP contribution in [0.3, 0.4) is 0 Å². The molecule has 1 N–H and O–H groups in total. The lowest BCUT2D eigenvalue weighted by Gasteiger charge is -2.34. The fraction of sp³-hybridized carbons (Fsp3) is 0.375. The number of carbonyl (C=O) groups excluding carboxylic acids is 1. The summed E-state index contributed by atoms with van der Waals surface area (Å²) in [4.78, 5) is 27.1. The van der Waals surface area contributed by atoms with Crippen LogP contribution in [0, 0.1) is 13.1 Å². The molecule has 4 saturated carbocycles. The summed E-state index contributed by atoms with van der Waals surface area (Å²) in [7, 11) is 0. The summed E-state index contributed by atoms with van der Waals surface area (Å²) in [5, 5.41) is 20.4. The van der Waals surface area contributed by atoms with E-state index in [2.05, 4.69) is 45.9 Å². The first-order valence-corrected chi connectivity index (χ1v) is 27.2. The highest BCUT2D eigenvalue weighted by Crippen LogP contribution is 2.48. The standard InChI is InChI=1S/C28H25F2N3O3S.C20H21F2NO3.C8H3BrN2S/c1-31-17-8-9-22-23(14-17)37-27(32-22)28(34)12-10-18(11-13-28)35-15-21-24(33-36-25(21)16-6-7-16)19-4-2-3-5-20(19)26(29)30;21-20(22)16-4-2-1-3-15(16)18-17(19(26-23-18)12-5-6-12)11-25-14-9-7-13(24)8-10-14;1-10-5-2-3-6-7(4-5)12-8(9)11-6/h2-5,8-9,14,16,18,26,34H,6-7,10-13,15H2;1-4,12,14,20H,5-11H2;2-4H. The number of Topliss-reactive ketones (excluding diaryl/α,β-unsaturated/α-hetero) is 1. The Bertz CT molecular complexity index is 3410. The Morgan fingerprint density at radius 2 is 1.13 bits per heavy atom. The molecule has 0 aliphatic heterocycles. The zero-order valence-corrected chi connectivity index (χ0v) is 43.5. The predicted octanol–water partition coefficient (Wildman–Crippen LogP) is 16.5. The number of thiazole rings is 2. The summed E-state index contributed by atoms with van der Waals surface area (Å²) in [6.07, 6.45) is 3.61. The Balaban J connectivity index is 0.000000145. The van der Waals surface area contributed by atoms with E-state index in [-0.39, 0.29) is 48.2 Å². The highest BCUT2D eigenvalue weighted by Gasteiger charge is 2.39. The summed E-state index contributed by atoms with van der Waals surface area (Å²) < 4.78 is 80.5. The summed E-state index contributed by atoms with van der Waals surface area (Å²) in [6, 6.07) is 23.7. The molecule has 0 bridgehead atoms. The molecule has 4 aromatic carbocycles. The van der Waals surface area contributed by atoms with E-state index >= 15 is 0 Å². The van der Waals surface area contributed by atoms with Gasteiger partial charge in [-0.3, -0.25) is 4.79 Å². The number of hydrogen-bond acceptors (Lipinski definition) is 12. The molecule has 0 unspecified atom stereocenters. The van der Waals surface area contributed by atoms with Crippen LogP contribution >= 0.6 is 38.6 Å². The minimum absolute atomic E-state index is 0.0212. The van der Waals surface area contributed by atoms with Crippen molar-refractivity contribution in [2.45, 2.75) is 133 Å². The molecule has 0 amide bonds. The Kier molecular flexibility index (Phi) is 16.0. The summed E-state index contributed by atoms with van der Waals surface area (Å²) in [5.41, 5.74) is 4.99. The van der Waals surface area contributed by atoms with E-state index < -0.39 is 18.5 Å². The molecule has 0 atom stereocenters. The average Bonchev–Trinajstić information content (AvgIpc) is 4.28. The molecule has 8 aromatic rings. The topological polar surface area (TPSA) is 142 Å². The number of aromatic nitrogens is 4. The predicted molar refractivity (Wildman–Crippen MR) is 280 cm³/mol. The molecule has 0 spiro atoms. The van der Waals surface area contributed by atoms with Gasteiger partial charge in [-0.25, -0.2) is 37.2 Å². The fourth-order valence-corrected chi connectivity index (χ4v) is 12.1. The lowest BCUT2D eigenvalue weighted by atomic mass is 9.83. The molecule has 4 heterocycles. The first-order chi connectivity index (χ1) is 36.4. The monoisotopic (exact) mass is 1120 g/mol. The largest absolute Gasteiger partial charge is 0.383 e. The van der Waals surface area contributed by atoms with Gasteiger partial charge in [0, 0.05) is 67.5 Å². The van der Waals surface area contributed by atoms with Crippen molar-refractivity contribution in [3.05, 3.63) is 150 Å². The minimum Gasteiger partial charge on any atom is -0.383 e. The van der Waals surface area contributed by atoms with Crippen LogP contribution in [0.1, 0.15) is 141 Å². The van der Waals surface area contributed by atoms with Gasteiger partial charge in [0.05, 0.1) is 49.6 Å². The SMILES string of the molecule is O=C1CCC(OCc2c(-c3ccccc3C(F)F)noc2C2CC2)CC1.[C-]#[N+]c1ccc2nc(Br)sc2c1.[C-]#[N+]c1ccc2nc(C3(O)CCC(OCc4c(-c5ccccc5C(F)F)noc4C4CC4)CC3)sc2c1. The van der Waals surface area contributed by atoms with Crippen LogP contribution in [-0.4, -0.2) is 43.4 Å². The number of fused-ring (bicyclic) bond motifs is 2. The van der Waals surface area contributed by atoms with Crippen molar-refractivity contribution in [2.75, 3.05) is 0 Å². The van der Waals surface area contributed by atoms with E-state index in [4.69, 9.17) is 31.7 Å². The van der Waals surface area contributed by atoms with Gasteiger partial charge in [0.15, 0.2) is 15.3 Å². The van der Waals surface area contributed by atoms with Gasteiger partial charge in [-0.2, -0.15) is 0 Å². The number of rotatable bonds is 13. The molecule has 12 rings (SSSR count). The highest BCUT2D eigenvalue weighted by atomic mass is 79.9. The molecular weight excluding hydrogens is 1070 g/mol. The van der Waals surface area contributed by atoms with Gasteiger partial charge in [0.25, 0.3) is 12.9 Å². The van der Waals surface area contributed by atoms with E-state index in [1.54, 1.807) is 59.9 Å². The van der Waals surface area contributed by atoms with Crippen molar-refractivity contribution in [3.8, 4) is 22.5 Å². The Morgan fingerprint density at radius 1 is 0.667 bits per heavy atom. The number of hydrogen-bond donors (Lipinski definition) is 1. The number of ketones is 1. The highest BCUT2D eigenvalue weighted by molar-refractivity contribution is 9.11. The quantitative estimate of drug-likeness (QED) is 0.0876. The molecule has 386 valence electrons. The van der Waals surface area contributed by atoms with E-state index in [0.29, 0.717) is 96.2 Å². The Labute approximate surface area is 445 Å².